The van der Waals surface area contributed by atoms with Crippen molar-refractivity contribution in [3.63, 3.8) is 0 Å². The lowest BCUT2D eigenvalue weighted by molar-refractivity contribution is 0.0874. The molecule has 0 saturated carbocycles. The highest BCUT2D eigenvalue weighted by molar-refractivity contribution is 5.99. The Morgan fingerprint density at radius 3 is 2.56 bits per heavy atom. The van der Waals surface area contributed by atoms with Crippen molar-refractivity contribution in [2.75, 3.05) is 0 Å². The van der Waals surface area contributed by atoms with Gasteiger partial charge in [-0.15, -0.1) is 0 Å². The molecule has 1 aromatic rings. The van der Waals surface area contributed by atoms with Crippen molar-refractivity contribution in [1.82, 2.24) is 5.32 Å². The molecular formula is C16H21NO. The number of aryl methyl sites for hydroxylation is 1. The molecule has 3 rings (SSSR count). The fourth-order valence-electron chi connectivity index (χ4n) is 3.56. The Morgan fingerprint density at radius 2 is 1.89 bits per heavy atom. The highest BCUT2D eigenvalue weighted by atomic mass is 16.1. The van der Waals surface area contributed by atoms with Gasteiger partial charge in [-0.25, -0.2) is 0 Å². The highest BCUT2D eigenvalue weighted by Crippen LogP contribution is 2.33. The van der Waals surface area contributed by atoms with Crippen LogP contribution in [0, 0.1) is 5.92 Å². The zero-order valence-corrected chi connectivity index (χ0v) is 11.0. The number of hydrogen-bond donors (Lipinski definition) is 1. The maximum atomic E-state index is 12.7. The minimum absolute atomic E-state index is 0.247. The summed E-state index contributed by atoms with van der Waals surface area (Å²) in [4.78, 5) is 12.7. The zero-order valence-electron chi connectivity index (χ0n) is 11.0. The van der Waals surface area contributed by atoms with Crippen molar-refractivity contribution in [3.8, 4) is 0 Å². The first kappa shape index (κ1) is 11.9. The van der Waals surface area contributed by atoms with E-state index >= 15 is 0 Å². The monoisotopic (exact) mass is 243 g/mol. The van der Waals surface area contributed by atoms with Crippen LogP contribution >= 0.6 is 0 Å². The Labute approximate surface area is 109 Å². The Balaban J connectivity index is 1.82. The van der Waals surface area contributed by atoms with E-state index in [0.717, 1.165) is 24.8 Å². The van der Waals surface area contributed by atoms with Crippen molar-refractivity contribution in [3.05, 3.63) is 35.4 Å². The average Bonchev–Trinajstić information content (AvgIpc) is 2.76. The number of fused-ring (bicyclic) bond motifs is 2. The first-order valence-electron chi connectivity index (χ1n) is 7.16. The van der Waals surface area contributed by atoms with Gasteiger partial charge in [0.1, 0.15) is 0 Å². The van der Waals surface area contributed by atoms with Gasteiger partial charge in [-0.1, -0.05) is 31.2 Å². The van der Waals surface area contributed by atoms with Gasteiger partial charge in [-0.05, 0) is 37.7 Å². The van der Waals surface area contributed by atoms with Crippen molar-refractivity contribution >= 4 is 5.78 Å². The number of Topliss-reactive ketones (excluding diaryl/α,β-unsaturated/α-hetero) is 1. The fourth-order valence-corrected chi connectivity index (χ4v) is 3.56. The van der Waals surface area contributed by atoms with E-state index in [-0.39, 0.29) is 5.92 Å². The summed E-state index contributed by atoms with van der Waals surface area (Å²) in [6.45, 7) is 2.12. The molecule has 0 radical (unpaired) electrons. The maximum Gasteiger partial charge on any atom is 0.166 e. The first-order chi connectivity index (χ1) is 8.78. The standard InChI is InChI=1S/C16H21NO/c1-2-11-5-3-4-6-15(11)16(18)12-9-13-7-8-14(10-12)17-13/h3-6,12-14,17H,2,7-10H2,1H3. The normalized spacial score (nSPS) is 30.4. The molecule has 2 unspecified atom stereocenters. The molecule has 2 bridgehead atoms. The van der Waals surface area contributed by atoms with Crippen LogP contribution in [-0.2, 0) is 6.42 Å². The molecule has 0 amide bonds. The molecule has 2 aliphatic rings. The third kappa shape index (κ3) is 2.10. The van der Waals surface area contributed by atoms with E-state index in [4.69, 9.17) is 0 Å². The molecule has 2 heterocycles. The molecule has 2 heteroatoms. The minimum Gasteiger partial charge on any atom is -0.311 e. The van der Waals surface area contributed by atoms with E-state index in [1.54, 1.807) is 0 Å². The minimum atomic E-state index is 0.247. The van der Waals surface area contributed by atoms with Crippen LogP contribution in [-0.4, -0.2) is 17.9 Å². The summed E-state index contributed by atoms with van der Waals surface area (Å²) >= 11 is 0. The van der Waals surface area contributed by atoms with Gasteiger partial charge in [-0.3, -0.25) is 4.79 Å². The molecule has 0 aromatic heterocycles. The van der Waals surface area contributed by atoms with Crippen LogP contribution in [0.5, 0.6) is 0 Å². The van der Waals surface area contributed by atoms with Crippen molar-refractivity contribution in [2.24, 2.45) is 5.92 Å². The lowest BCUT2D eigenvalue weighted by atomic mass is 9.84. The molecule has 2 atom stereocenters. The fraction of sp³-hybridized carbons (Fsp3) is 0.562. The number of rotatable bonds is 3. The van der Waals surface area contributed by atoms with E-state index in [0.29, 0.717) is 17.9 Å². The summed E-state index contributed by atoms with van der Waals surface area (Å²) < 4.78 is 0. The largest absolute Gasteiger partial charge is 0.311 e. The molecule has 0 aliphatic carbocycles. The summed E-state index contributed by atoms with van der Waals surface area (Å²) in [7, 11) is 0. The SMILES string of the molecule is CCc1ccccc1C(=O)C1CC2CCC(C1)N2. The maximum absolute atomic E-state index is 12.7. The number of benzene rings is 1. The number of carbonyl (C=O) groups excluding carboxylic acids is 1. The summed E-state index contributed by atoms with van der Waals surface area (Å²) in [6, 6.07) is 9.29. The molecule has 2 fully saturated rings. The van der Waals surface area contributed by atoms with E-state index in [1.807, 2.05) is 18.2 Å². The average molecular weight is 243 g/mol. The number of nitrogens with one attached hydrogen (secondary N) is 1. The van der Waals surface area contributed by atoms with Gasteiger partial charge in [-0.2, -0.15) is 0 Å². The van der Waals surface area contributed by atoms with Crippen LogP contribution in [0.1, 0.15) is 48.5 Å². The first-order valence-corrected chi connectivity index (χ1v) is 7.16. The van der Waals surface area contributed by atoms with Crippen LogP contribution in [0.15, 0.2) is 24.3 Å². The molecule has 1 N–H and O–H groups in total. The number of piperidine rings is 1. The van der Waals surface area contributed by atoms with Crippen LogP contribution in [0.3, 0.4) is 0 Å². The molecule has 2 aliphatic heterocycles. The van der Waals surface area contributed by atoms with Gasteiger partial charge in [0.2, 0.25) is 0 Å². The number of carbonyl (C=O) groups is 1. The number of hydrogen-bond acceptors (Lipinski definition) is 2. The zero-order chi connectivity index (χ0) is 12.5. The van der Waals surface area contributed by atoms with Gasteiger partial charge >= 0.3 is 0 Å². The van der Waals surface area contributed by atoms with E-state index < -0.39 is 0 Å². The predicted molar refractivity (Wildman–Crippen MR) is 72.8 cm³/mol. The quantitative estimate of drug-likeness (QED) is 0.827. The molecule has 96 valence electrons. The van der Waals surface area contributed by atoms with Gasteiger partial charge in [0.25, 0.3) is 0 Å². The van der Waals surface area contributed by atoms with E-state index in [2.05, 4.69) is 18.3 Å². The van der Waals surface area contributed by atoms with Crippen LogP contribution in [0.4, 0.5) is 0 Å². The summed E-state index contributed by atoms with van der Waals surface area (Å²) in [5, 5.41) is 3.60. The smallest absolute Gasteiger partial charge is 0.166 e. The summed E-state index contributed by atoms with van der Waals surface area (Å²) in [5.74, 6) is 0.627. The Morgan fingerprint density at radius 1 is 1.22 bits per heavy atom. The topological polar surface area (TPSA) is 29.1 Å². The van der Waals surface area contributed by atoms with Gasteiger partial charge in [0.05, 0.1) is 0 Å². The second kappa shape index (κ2) is 4.85. The third-order valence-corrected chi connectivity index (χ3v) is 4.51. The highest BCUT2D eigenvalue weighted by Gasteiger charge is 2.37. The molecule has 1 aromatic carbocycles. The lowest BCUT2D eigenvalue weighted by Gasteiger charge is -2.28. The third-order valence-electron chi connectivity index (χ3n) is 4.51. The van der Waals surface area contributed by atoms with Gasteiger partial charge in [0, 0.05) is 23.6 Å². The predicted octanol–water partition coefficient (Wildman–Crippen LogP) is 2.96. The van der Waals surface area contributed by atoms with E-state index in [1.165, 1.54) is 18.4 Å². The van der Waals surface area contributed by atoms with Crippen LogP contribution < -0.4 is 5.32 Å². The molecular weight excluding hydrogens is 222 g/mol. The van der Waals surface area contributed by atoms with E-state index in [9.17, 15) is 4.79 Å². The second-order valence-electron chi connectivity index (χ2n) is 5.68. The number of ketones is 1. The molecule has 18 heavy (non-hydrogen) atoms. The second-order valence-corrected chi connectivity index (χ2v) is 5.68. The Hall–Kier alpha value is -1.15. The van der Waals surface area contributed by atoms with Crippen molar-refractivity contribution in [2.45, 2.75) is 51.1 Å². The molecule has 2 saturated heterocycles. The van der Waals surface area contributed by atoms with Crippen molar-refractivity contribution in [1.29, 1.82) is 0 Å². The van der Waals surface area contributed by atoms with Crippen molar-refractivity contribution < 1.29 is 4.79 Å². The molecule has 0 spiro atoms. The van der Waals surface area contributed by atoms with Gasteiger partial charge in [0.15, 0.2) is 5.78 Å². The van der Waals surface area contributed by atoms with Crippen LogP contribution in [0.2, 0.25) is 0 Å². The Kier molecular flexibility index (Phi) is 3.21. The summed E-state index contributed by atoms with van der Waals surface area (Å²) in [5.41, 5.74) is 2.17. The Bertz CT molecular complexity index is 442. The lowest BCUT2D eigenvalue weighted by Crippen LogP contribution is -2.40. The van der Waals surface area contributed by atoms with Gasteiger partial charge < -0.3 is 5.32 Å². The molecule has 2 nitrogen and oxygen atoms in total. The van der Waals surface area contributed by atoms with Crippen LogP contribution in [0.25, 0.3) is 0 Å². The summed E-state index contributed by atoms with van der Waals surface area (Å²) in [6.07, 6.45) is 5.52.